The van der Waals surface area contributed by atoms with Crippen LogP contribution < -0.4 is 14.2 Å². The largest absolute Gasteiger partial charge is 0.491 e. The van der Waals surface area contributed by atoms with E-state index in [-0.39, 0.29) is 17.1 Å². The first-order valence-corrected chi connectivity index (χ1v) is 9.31. The number of benzene rings is 2. The van der Waals surface area contributed by atoms with Crippen molar-refractivity contribution in [1.29, 1.82) is 0 Å². The van der Waals surface area contributed by atoms with Crippen molar-refractivity contribution in [3.05, 3.63) is 48.5 Å². The molecule has 0 aliphatic carbocycles. The van der Waals surface area contributed by atoms with Crippen molar-refractivity contribution in [2.75, 3.05) is 4.72 Å². The van der Waals surface area contributed by atoms with E-state index in [2.05, 4.69) is 4.72 Å². The molecule has 0 unspecified atom stereocenters. The van der Waals surface area contributed by atoms with Gasteiger partial charge in [-0.2, -0.15) is 0 Å². The molecule has 1 N–H and O–H groups in total. The van der Waals surface area contributed by atoms with Crippen LogP contribution in [0.2, 0.25) is 0 Å². The Bertz CT molecular complexity index is 751. The van der Waals surface area contributed by atoms with Crippen LogP contribution in [0.3, 0.4) is 0 Å². The second kappa shape index (κ2) is 7.57. The molecule has 0 spiro atoms. The van der Waals surface area contributed by atoms with Crippen LogP contribution >= 0.6 is 0 Å². The Balaban J connectivity index is 2.10. The highest BCUT2D eigenvalue weighted by molar-refractivity contribution is 7.92. The Kier molecular flexibility index (Phi) is 5.72. The van der Waals surface area contributed by atoms with Crippen LogP contribution in [0, 0.1) is 0 Å². The molecule has 0 aliphatic rings. The zero-order valence-electron chi connectivity index (χ0n) is 14.3. The third-order valence-corrected chi connectivity index (χ3v) is 4.38. The Hall–Kier alpha value is -2.21. The van der Waals surface area contributed by atoms with Crippen LogP contribution in [-0.2, 0) is 10.0 Å². The third kappa shape index (κ3) is 5.16. The van der Waals surface area contributed by atoms with Gasteiger partial charge in [-0.1, -0.05) is 0 Å². The maximum atomic E-state index is 12.4. The standard InChI is InChI=1S/C18H23NO4S/c1-13(2)22-16-7-5-15(6-8-16)19-24(20,21)18-11-9-17(10-12-18)23-14(3)4/h5-14,19H,1-4H3. The summed E-state index contributed by atoms with van der Waals surface area (Å²) in [5.41, 5.74) is 0.480. The van der Waals surface area contributed by atoms with Gasteiger partial charge in [0.25, 0.3) is 10.0 Å². The summed E-state index contributed by atoms with van der Waals surface area (Å²) in [5, 5.41) is 0. The van der Waals surface area contributed by atoms with Crippen LogP contribution in [0.4, 0.5) is 5.69 Å². The van der Waals surface area contributed by atoms with E-state index >= 15 is 0 Å². The molecule has 2 aromatic carbocycles. The van der Waals surface area contributed by atoms with Gasteiger partial charge in [0.1, 0.15) is 11.5 Å². The molecule has 130 valence electrons. The maximum absolute atomic E-state index is 12.4. The van der Waals surface area contributed by atoms with Gasteiger partial charge < -0.3 is 9.47 Å². The van der Waals surface area contributed by atoms with Crippen molar-refractivity contribution in [3.63, 3.8) is 0 Å². The molecule has 0 heterocycles. The summed E-state index contributed by atoms with van der Waals surface area (Å²) in [6, 6.07) is 13.2. The molecule has 0 amide bonds. The van der Waals surface area contributed by atoms with Crippen LogP contribution in [0.25, 0.3) is 0 Å². The van der Waals surface area contributed by atoms with E-state index in [9.17, 15) is 8.42 Å². The SMILES string of the molecule is CC(C)Oc1ccc(NS(=O)(=O)c2ccc(OC(C)C)cc2)cc1. The van der Waals surface area contributed by atoms with Gasteiger partial charge in [0.05, 0.1) is 17.1 Å². The van der Waals surface area contributed by atoms with Crippen molar-refractivity contribution >= 4 is 15.7 Å². The lowest BCUT2D eigenvalue weighted by atomic mass is 10.3. The summed E-state index contributed by atoms with van der Waals surface area (Å²) < 4.78 is 38.4. The van der Waals surface area contributed by atoms with Gasteiger partial charge in [0, 0.05) is 5.69 Å². The minimum Gasteiger partial charge on any atom is -0.491 e. The Morgan fingerprint density at radius 1 is 0.750 bits per heavy atom. The summed E-state index contributed by atoms with van der Waals surface area (Å²) in [5.74, 6) is 1.34. The number of nitrogens with one attached hydrogen (secondary N) is 1. The van der Waals surface area contributed by atoms with Crippen molar-refractivity contribution in [1.82, 2.24) is 0 Å². The quantitative estimate of drug-likeness (QED) is 0.818. The monoisotopic (exact) mass is 349 g/mol. The fourth-order valence-electron chi connectivity index (χ4n) is 2.06. The van der Waals surface area contributed by atoms with Crippen molar-refractivity contribution in [3.8, 4) is 11.5 Å². The predicted octanol–water partition coefficient (Wildman–Crippen LogP) is 4.06. The number of sulfonamides is 1. The molecule has 0 fully saturated rings. The average Bonchev–Trinajstić information content (AvgIpc) is 2.48. The van der Waals surface area contributed by atoms with Crippen LogP contribution in [-0.4, -0.2) is 20.6 Å². The molecule has 0 aliphatic heterocycles. The highest BCUT2D eigenvalue weighted by Gasteiger charge is 2.14. The molecule has 2 rings (SSSR count). The third-order valence-electron chi connectivity index (χ3n) is 2.98. The van der Waals surface area contributed by atoms with Gasteiger partial charge in [0.2, 0.25) is 0 Å². The molecule has 0 saturated heterocycles. The molecule has 2 aromatic rings. The fraction of sp³-hybridized carbons (Fsp3) is 0.333. The van der Waals surface area contributed by atoms with E-state index < -0.39 is 10.0 Å². The van der Waals surface area contributed by atoms with Gasteiger partial charge >= 0.3 is 0 Å². The molecule has 0 aromatic heterocycles. The lowest BCUT2D eigenvalue weighted by Crippen LogP contribution is -2.13. The van der Waals surface area contributed by atoms with E-state index in [4.69, 9.17) is 9.47 Å². The molecule has 24 heavy (non-hydrogen) atoms. The average molecular weight is 349 g/mol. The molecule has 6 heteroatoms. The zero-order valence-corrected chi connectivity index (χ0v) is 15.1. The highest BCUT2D eigenvalue weighted by Crippen LogP contribution is 2.22. The first-order valence-electron chi connectivity index (χ1n) is 7.82. The number of rotatable bonds is 7. The summed E-state index contributed by atoms with van der Waals surface area (Å²) in [7, 11) is -3.64. The lowest BCUT2D eigenvalue weighted by molar-refractivity contribution is 0.242. The summed E-state index contributed by atoms with van der Waals surface area (Å²) >= 11 is 0. The van der Waals surface area contributed by atoms with Crippen LogP contribution in [0.1, 0.15) is 27.7 Å². The lowest BCUT2D eigenvalue weighted by Gasteiger charge is -2.12. The number of hydrogen-bond donors (Lipinski definition) is 1. The normalized spacial score (nSPS) is 11.6. The Morgan fingerprint density at radius 3 is 1.58 bits per heavy atom. The number of ether oxygens (including phenoxy) is 2. The second-order valence-electron chi connectivity index (χ2n) is 5.93. The van der Waals surface area contributed by atoms with Crippen molar-refractivity contribution in [2.45, 2.75) is 44.8 Å². The van der Waals surface area contributed by atoms with E-state index in [1.54, 1.807) is 36.4 Å². The minimum atomic E-state index is -3.64. The van der Waals surface area contributed by atoms with E-state index in [1.807, 2.05) is 27.7 Å². The Morgan fingerprint density at radius 2 is 1.17 bits per heavy atom. The minimum absolute atomic E-state index is 0.0390. The molecular formula is C18H23NO4S. The van der Waals surface area contributed by atoms with E-state index in [1.165, 1.54) is 12.1 Å². The van der Waals surface area contributed by atoms with E-state index in [0.717, 1.165) is 0 Å². The number of anilines is 1. The van der Waals surface area contributed by atoms with Gasteiger partial charge in [-0.25, -0.2) is 8.42 Å². The molecule has 0 atom stereocenters. The van der Waals surface area contributed by atoms with Crippen LogP contribution in [0.15, 0.2) is 53.4 Å². The number of hydrogen-bond acceptors (Lipinski definition) is 4. The first-order chi connectivity index (χ1) is 11.3. The summed E-state index contributed by atoms with van der Waals surface area (Å²) in [4.78, 5) is 0.182. The zero-order chi connectivity index (χ0) is 17.7. The fourth-order valence-corrected chi connectivity index (χ4v) is 3.12. The molecule has 0 saturated carbocycles. The van der Waals surface area contributed by atoms with Gasteiger partial charge in [-0.15, -0.1) is 0 Å². The smallest absolute Gasteiger partial charge is 0.261 e. The molecular weight excluding hydrogens is 326 g/mol. The first kappa shape index (κ1) is 18.1. The molecule has 5 nitrogen and oxygen atoms in total. The second-order valence-corrected chi connectivity index (χ2v) is 7.62. The van der Waals surface area contributed by atoms with Crippen LogP contribution in [0.5, 0.6) is 11.5 Å². The van der Waals surface area contributed by atoms with Crippen molar-refractivity contribution in [2.24, 2.45) is 0 Å². The molecule has 0 radical (unpaired) electrons. The molecule has 0 bridgehead atoms. The van der Waals surface area contributed by atoms with Gasteiger partial charge in [-0.05, 0) is 76.2 Å². The summed E-state index contributed by atoms with van der Waals surface area (Å²) in [6.07, 6.45) is 0.108. The maximum Gasteiger partial charge on any atom is 0.261 e. The highest BCUT2D eigenvalue weighted by atomic mass is 32.2. The van der Waals surface area contributed by atoms with Gasteiger partial charge in [-0.3, -0.25) is 4.72 Å². The topological polar surface area (TPSA) is 64.6 Å². The predicted molar refractivity (Wildman–Crippen MR) is 95.2 cm³/mol. The van der Waals surface area contributed by atoms with Gasteiger partial charge in [0.15, 0.2) is 0 Å². The van der Waals surface area contributed by atoms with E-state index in [0.29, 0.717) is 17.2 Å². The Labute approximate surface area is 143 Å². The van der Waals surface area contributed by atoms with Crippen molar-refractivity contribution < 1.29 is 17.9 Å². The summed E-state index contributed by atoms with van der Waals surface area (Å²) in [6.45, 7) is 7.70.